The standard InChI is InChI=1S/C17H18BrClFN/c1-2-21-11-14(12-3-5-15(18)6-4-12)9-13-10-16(19)7-8-17(13)20/h3-8,10,14,21H,2,9,11H2,1H3. The Balaban J connectivity index is 2.23. The minimum absolute atomic E-state index is 0.196. The van der Waals surface area contributed by atoms with Gasteiger partial charge in [0.1, 0.15) is 5.82 Å². The second-order valence-corrected chi connectivity index (χ2v) is 6.35. The van der Waals surface area contributed by atoms with E-state index in [4.69, 9.17) is 11.6 Å². The Morgan fingerprint density at radius 2 is 1.90 bits per heavy atom. The van der Waals surface area contributed by atoms with Gasteiger partial charge in [0.15, 0.2) is 0 Å². The van der Waals surface area contributed by atoms with Crippen molar-refractivity contribution in [2.45, 2.75) is 19.3 Å². The summed E-state index contributed by atoms with van der Waals surface area (Å²) < 4.78 is 15.0. The van der Waals surface area contributed by atoms with Gasteiger partial charge >= 0.3 is 0 Å². The number of hydrogen-bond donors (Lipinski definition) is 1. The molecule has 0 aromatic heterocycles. The third-order valence-corrected chi connectivity index (χ3v) is 4.22. The fraction of sp³-hybridized carbons (Fsp3) is 0.294. The van der Waals surface area contributed by atoms with Crippen LogP contribution in [0.15, 0.2) is 46.9 Å². The second kappa shape index (κ2) is 7.92. The lowest BCUT2D eigenvalue weighted by atomic mass is 9.91. The number of rotatable bonds is 6. The van der Waals surface area contributed by atoms with Gasteiger partial charge in [-0.3, -0.25) is 0 Å². The van der Waals surface area contributed by atoms with Crippen molar-refractivity contribution in [3.8, 4) is 0 Å². The van der Waals surface area contributed by atoms with E-state index in [2.05, 4.69) is 40.3 Å². The largest absolute Gasteiger partial charge is 0.316 e. The average Bonchev–Trinajstić information content (AvgIpc) is 2.48. The third kappa shape index (κ3) is 4.80. The molecule has 0 spiro atoms. The van der Waals surface area contributed by atoms with Crippen molar-refractivity contribution in [3.05, 3.63) is 68.9 Å². The summed E-state index contributed by atoms with van der Waals surface area (Å²) in [5.74, 6) is 0.0176. The molecule has 0 radical (unpaired) electrons. The molecule has 1 N–H and O–H groups in total. The summed E-state index contributed by atoms with van der Waals surface area (Å²) in [6.07, 6.45) is 0.626. The predicted molar refractivity (Wildman–Crippen MR) is 90.5 cm³/mol. The highest BCUT2D eigenvalue weighted by atomic mass is 79.9. The van der Waals surface area contributed by atoms with Crippen molar-refractivity contribution in [1.82, 2.24) is 5.32 Å². The molecule has 2 rings (SSSR count). The smallest absolute Gasteiger partial charge is 0.126 e. The van der Waals surface area contributed by atoms with Crippen LogP contribution >= 0.6 is 27.5 Å². The quantitative estimate of drug-likeness (QED) is 0.739. The number of benzene rings is 2. The third-order valence-electron chi connectivity index (χ3n) is 3.46. The molecule has 2 aromatic rings. The van der Waals surface area contributed by atoms with Gasteiger partial charge in [-0.1, -0.05) is 46.6 Å². The molecule has 0 aliphatic rings. The van der Waals surface area contributed by atoms with Gasteiger partial charge in [-0.15, -0.1) is 0 Å². The molecule has 112 valence electrons. The molecule has 0 aliphatic heterocycles. The van der Waals surface area contributed by atoms with E-state index in [1.165, 1.54) is 11.6 Å². The topological polar surface area (TPSA) is 12.0 Å². The van der Waals surface area contributed by atoms with Gasteiger partial charge in [-0.2, -0.15) is 0 Å². The molecular formula is C17H18BrClFN. The molecule has 0 amide bonds. The van der Waals surface area contributed by atoms with Crippen molar-refractivity contribution < 1.29 is 4.39 Å². The van der Waals surface area contributed by atoms with Crippen LogP contribution in [0.5, 0.6) is 0 Å². The summed E-state index contributed by atoms with van der Waals surface area (Å²) in [6, 6.07) is 12.9. The summed E-state index contributed by atoms with van der Waals surface area (Å²) in [5.41, 5.74) is 1.85. The van der Waals surface area contributed by atoms with E-state index in [-0.39, 0.29) is 11.7 Å². The van der Waals surface area contributed by atoms with Gasteiger partial charge in [-0.25, -0.2) is 4.39 Å². The lowest BCUT2D eigenvalue weighted by Crippen LogP contribution is -2.23. The van der Waals surface area contributed by atoms with E-state index in [9.17, 15) is 4.39 Å². The molecule has 0 saturated carbocycles. The SMILES string of the molecule is CCNCC(Cc1cc(Cl)ccc1F)c1ccc(Br)cc1. The number of hydrogen-bond acceptors (Lipinski definition) is 1. The zero-order chi connectivity index (χ0) is 15.2. The summed E-state index contributed by atoms with van der Waals surface area (Å²) in [6.45, 7) is 3.77. The maximum Gasteiger partial charge on any atom is 0.126 e. The zero-order valence-corrected chi connectivity index (χ0v) is 14.2. The van der Waals surface area contributed by atoms with E-state index in [0.717, 1.165) is 17.6 Å². The molecule has 1 nitrogen and oxygen atoms in total. The first-order valence-electron chi connectivity index (χ1n) is 7.00. The summed E-state index contributed by atoms with van der Waals surface area (Å²) >= 11 is 9.43. The molecule has 4 heteroatoms. The van der Waals surface area contributed by atoms with Crippen molar-refractivity contribution >= 4 is 27.5 Å². The Kier molecular flexibility index (Phi) is 6.22. The zero-order valence-electron chi connectivity index (χ0n) is 11.9. The van der Waals surface area contributed by atoms with E-state index >= 15 is 0 Å². The number of halogens is 3. The summed E-state index contributed by atoms with van der Waals surface area (Å²) in [4.78, 5) is 0. The van der Waals surface area contributed by atoms with Crippen LogP contribution in [0.4, 0.5) is 4.39 Å². The van der Waals surface area contributed by atoms with E-state index < -0.39 is 0 Å². The van der Waals surface area contributed by atoms with Gasteiger partial charge in [0.05, 0.1) is 0 Å². The Hall–Kier alpha value is -0.900. The molecule has 21 heavy (non-hydrogen) atoms. The maximum atomic E-state index is 13.9. The van der Waals surface area contributed by atoms with Crippen LogP contribution < -0.4 is 5.32 Å². The van der Waals surface area contributed by atoms with Crippen LogP contribution in [0, 0.1) is 5.82 Å². The van der Waals surface area contributed by atoms with Crippen molar-refractivity contribution in [2.75, 3.05) is 13.1 Å². The Labute approximate surface area is 138 Å². The van der Waals surface area contributed by atoms with Crippen LogP contribution in [0.3, 0.4) is 0 Å². The first-order chi connectivity index (χ1) is 10.1. The number of nitrogens with one attached hydrogen (secondary N) is 1. The summed E-state index contributed by atoms with van der Waals surface area (Å²) in [5, 5.41) is 3.92. The Morgan fingerprint density at radius 3 is 2.57 bits per heavy atom. The average molecular weight is 371 g/mol. The molecule has 0 bridgehead atoms. The van der Waals surface area contributed by atoms with Gasteiger partial charge in [0.2, 0.25) is 0 Å². The highest BCUT2D eigenvalue weighted by Crippen LogP contribution is 2.25. The van der Waals surface area contributed by atoms with Crippen LogP contribution in [0.1, 0.15) is 24.0 Å². The van der Waals surface area contributed by atoms with Crippen molar-refractivity contribution in [1.29, 1.82) is 0 Å². The van der Waals surface area contributed by atoms with Crippen LogP contribution in [-0.4, -0.2) is 13.1 Å². The van der Waals surface area contributed by atoms with Gasteiger partial charge < -0.3 is 5.32 Å². The maximum absolute atomic E-state index is 13.9. The highest BCUT2D eigenvalue weighted by molar-refractivity contribution is 9.10. The lowest BCUT2D eigenvalue weighted by molar-refractivity contribution is 0.562. The van der Waals surface area contributed by atoms with Gasteiger partial charge in [0, 0.05) is 22.0 Å². The number of likely N-dealkylation sites (N-methyl/N-ethyl adjacent to an activating group) is 1. The monoisotopic (exact) mass is 369 g/mol. The van der Waals surface area contributed by atoms with Crippen LogP contribution in [0.2, 0.25) is 5.02 Å². The Morgan fingerprint density at radius 1 is 1.19 bits per heavy atom. The van der Waals surface area contributed by atoms with Crippen LogP contribution in [-0.2, 0) is 6.42 Å². The first kappa shape index (κ1) is 16.5. The molecule has 2 aromatic carbocycles. The van der Waals surface area contributed by atoms with Gasteiger partial charge in [0.25, 0.3) is 0 Å². The van der Waals surface area contributed by atoms with E-state index in [1.54, 1.807) is 12.1 Å². The van der Waals surface area contributed by atoms with E-state index in [0.29, 0.717) is 17.0 Å². The Bertz CT molecular complexity index is 586. The van der Waals surface area contributed by atoms with Crippen molar-refractivity contribution in [3.63, 3.8) is 0 Å². The first-order valence-corrected chi connectivity index (χ1v) is 8.17. The molecule has 1 atom stereocenters. The summed E-state index contributed by atoms with van der Waals surface area (Å²) in [7, 11) is 0. The molecular weight excluding hydrogens is 353 g/mol. The van der Waals surface area contributed by atoms with Crippen molar-refractivity contribution in [2.24, 2.45) is 0 Å². The molecule has 0 saturated heterocycles. The molecule has 0 aliphatic carbocycles. The van der Waals surface area contributed by atoms with Gasteiger partial charge in [-0.05, 0) is 54.4 Å². The molecule has 0 heterocycles. The fourth-order valence-electron chi connectivity index (χ4n) is 2.33. The highest BCUT2D eigenvalue weighted by Gasteiger charge is 2.15. The normalized spacial score (nSPS) is 12.4. The second-order valence-electron chi connectivity index (χ2n) is 5.00. The molecule has 0 fully saturated rings. The van der Waals surface area contributed by atoms with Crippen LogP contribution in [0.25, 0.3) is 0 Å². The van der Waals surface area contributed by atoms with E-state index in [1.807, 2.05) is 12.1 Å². The minimum Gasteiger partial charge on any atom is -0.316 e. The molecule has 1 unspecified atom stereocenters. The minimum atomic E-state index is -0.196. The predicted octanol–water partition coefficient (Wildman–Crippen LogP) is 5.18. The fourth-order valence-corrected chi connectivity index (χ4v) is 2.79. The lowest BCUT2D eigenvalue weighted by Gasteiger charge is -2.18.